The fraction of sp³-hybridized carbons (Fsp3) is 0.688. The van der Waals surface area contributed by atoms with Gasteiger partial charge in [0.1, 0.15) is 5.60 Å². The maximum atomic E-state index is 11.7. The van der Waals surface area contributed by atoms with Crippen LogP contribution >= 0.6 is 22.9 Å². The van der Waals surface area contributed by atoms with E-state index in [0.717, 1.165) is 18.0 Å². The molecule has 6 heteroatoms. The number of nitrogens with one attached hydrogen (secondary N) is 2. The van der Waals surface area contributed by atoms with Gasteiger partial charge in [0.15, 0.2) is 0 Å². The van der Waals surface area contributed by atoms with Crippen molar-refractivity contribution < 1.29 is 9.53 Å². The van der Waals surface area contributed by atoms with Gasteiger partial charge in [-0.05, 0) is 39.2 Å². The molecule has 0 radical (unpaired) electrons. The molecule has 0 fully saturated rings. The molecular weight excluding hydrogens is 320 g/mol. The highest BCUT2D eigenvalue weighted by molar-refractivity contribution is 7.10. The summed E-state index contributed by atoms with van der Waals surface area (Å²) >= 11 is 7.57. The average molecular weight is 347 g/mol. The van der Waals surface area contributed by atoms with Crippen molar-refractivity contribution in [2.24, 2.45) is 5.92 Å². The van der Waals surface area contributed by atoms with Crippen molar-refractivity contribution in [1.82, 2.24) is 10.6 Å². The zero-order valence-electron chi connectivity index (χ0n) is 14.0. The second-order valence-corrected chi connectivity index (χ2v) is 8.25. The van der Waals surface area contributed by atoms with Crippen molar-refractivity contribution in [1.29, 1.82) is 0 Å². The Labute approximate surface area is 142 Å². The number of carbonyl (C=O) groups excluding carboxylic acids is 1. The van der Waals surface area contributed by atoms with E-state index in [1.54, 1.807) is 11.3 Å². The summed E-state index contributed by atoms with van der Waals surface area (Å²) < 4.78 is 5.27. The Kier molecular flexibility index (Phi) is 7.66. The maximum Gasteiger partial charge on any atom is 0.407 e. The third-order valence-corrected chi connectivity index (χ3v) is 4.12. The van der Waals surface area contributed by atoms with Crippen molar-refractivity contribution in [2.45, 2.75) is 59.2 Å². The van der Waals surface area contributed by atoms with Crippen LogP contribution in [-0.2, 0) is 11.3 Å². The number of hydrogen-bond acceptors (Lipinski definition) is 4. The fourth-order valence-electron chi connectivity index (χ4n) is 2.02. The van der Waals surface area contributed by atoms with Crippen LogP contribution in [0.25, 0.3) is 0 Å². The number of alkyl carbamates (subject to hydrolysis) is 1. The molecule has 1 rings (SSSR count). The fourth-order valence-corrected chi connectivity index (χ4v) is 3.04. The van der Waals surface area contributed by atoms with Crippen LogP contribution in [0.1, 0.15) is 45.9 Å². The topological polar surface area (TPSA) is 50.4 Å². The van der Waals surface area contributed by atoms with Gasteiger partial charge < -0.3 is 15.4 Å². The van der Waals surface area contributed by atoms with Gasteiger partial charge in [0.25, 0.3) is 0 Å². The molecule has 0 saturated heterocycles. The highest BCUT2D eigenvalue weighted by Gasteiger charge is 2.18. The summed E-state index contributed by atoms with van der Waals surface area (Å²) in [5.74, 6) is 0.546. The summed E-state index contributed by atoms with van der Waals surface area (Å²) in [5, 5.41) is 9.02. The Morgan fingerprint density at radius 1 is 1.41 bits per heavy atom. The number of rotatable bonds is 7. The molecule has 0 aliphatic heterocycles. The highest BCUT2D eigenvalue weighted by atomic mass is 35.5. The van der Waals surface area contributed by atoms with E-state index in [1.807, 2.05) is 32.2 Å². The second-order valence-electron chi connectivity index (χ2n) is 6.82. The molecule has 4 nitrogen and oxygen atoms in total. The second kappa shape index (κ2) is 8.75. The van der Waals surface area contributed by atoms with E-state index >= 15 is 0 Å². The summed E-state index contributed by atoms with van der Waals surface area (Å²) in [5.41, 5.74) is -0.473. The van der Waals surface area contributed by atoms with Crippen LogP contribution in [0.3, 0.4) is 0 Å². The number of carbonyl (C=O) groups is 1. The molecular formula is C16H27ClN2O2S. The molecule has 0 saturated carbocycles. The summed E-state index contributed by atoms with van der Waals surface area (Å²) in [6, 6.07) is 2.17. The lowest BCUT2D eigenvalue weighted by Crippen LogP contribution is -2.43. The summed E-state index contributed by atoms with van der Waals surface area (Å²) in [6.45, 7) is 11.2. The SMILES string of the molecule is CC(C)CC(CNC(=O)OC(C)(C)C)NCc1cc(Cl)cs1. The first-order valence-corrected chi connectivity index (χ1v) is 8.84. The average Bonchev–Trinajstić information content (AvgIpc) is 2.76. The smallest absolute Gasteiger partial charge is 0.407 e. The van der Waals surface area contributed by atoms with E-state index in [-0.39, 0.29) is 12.1 Å². The largest absolute Gasteiger partial charge is 0.444 e. The van der Waals surface area contributed by atoms with Gasteiger partial charge in [-0.15, -0.1) is 11.3 Å². The number of thiophene rings is 1. The summed E-state index contributed by atoms with van der Waals surface area (Å²) in [6.07, 6.45) is 0.608. The van der Waals surface area contributed by atoms with Gasteiger partial charge in [0.05, 0.1) is 5.02 Å². The van der Waals surface area contributed by atoms with E-state index in [0.29, 0.717) is 12.5 Å². The third kappa shape index (κ3) is 8.61. The minimum absolute atomic E-state index is 0.202. The molecule has 1 heterocycles. The van der Waals surface area contributed by atoms with Gasteiger partial charge in [-0.2, -0.15) is 0 Å². The Morgan fingerprint density at radius 3 is 2.59 bits per heavy atom. The van der Waals surface area contributed by atoms with Crippen LogP contribution in [0.15, 0.2) is 11.4 Å². The van der Waals surface area contributed by atoms with E-state index in [1.165, 1.54) is 4.88 Å². The van der Waals surface area contributed by atoms with Crippen molar-refractivity contribution in [3.63, 3.8) is 0 Å². The Balaban J connectivity index is 2.44. The minimum atomic E-state index is -0.473. The molecule has 1 unspecified atom stereocenters. The van der Waals surface area contributed by atoms with Crippen molar-refractivity contribution >= 4 is 29.0 Å². The van der Waals surface area contributed by atoms with Crippen LogP contribution in [0.5, 0.6) is 0 Å². The van der Waals surface area contributed by atoms with Crippen LogP contribution in [0.4, 0.5) is 4.79 Å². The first-order chi connectivity index (χ1) is 10.2. The van der Waals surface area contributed by atoms with Crippen LogP contribution in [0, 0.1) is 5.92 Å². The van der Waals surface area contributed by atoms with Gasteiger partial charge in [-0.3, -0.25) is 0 Å². The summed E-state index contributed by atoms with van der Waals surface area (Å²) in [4.78, 5) is 12.9. The number of hydrogen-bond donors (Lipinski definition) is 2. The van der Waals surface area contributed by atoms with Crippen LogP contribution in [0.2, 0.25) is 5.02 Å². The molecule has 0 aliphatic rings. The molecule has 1 atom stereocenters. The predicted octanol–water partition coefficient (Wildman–Crippen LogP) is 4.43. The normalized spacial score (nSPS) is 13.2. The molecule has 2 N–H and O–H groups in total. The standard InChI is InChI=1S/C16H27ClN2O2S/c1-11(2)6-13(8-19-15(20)21-16(3,4)5)18-9-14-7-12(17)10-22-14/h7,10-11,13,18H,6,8-9H2,1-5H3,(H,19,20). The first-order valence-electron chi connectivity index (χ1n) is 7.59. The van der Waals surface area contributed by atoms with E-state index < -0.39 is 5.60 Å². The molecule has 1 amide bonds. The Morgan fingerprint density at radius 2 is 2.09 bits per heavy atom. The van der Waals surface area contributed by atoms with Crippen LogP contribution < -0.4 is 10.6 Å². The van der Waals surface area contributed by atoms with Gasteiger partial charge in [-0.1, -0.05) is 25.4 Å². The number of halogens is 1. The number of amides is 1. The molecule has 0 bridgehead atoms. The molecule has 126 valence electrons. The van der Waals surface area contributed by atoms with Crippen LogP contribution in [-0.4, -0.2) is 24.3 Å². The van der Waals surface area contributed by atoms with Crippen molar-refractivity contribution in [2.75, 3.05) is 6.54 Å². The quantitative estimate of drug-likeness (QED) is 0.767. The van der Waals surface area contributed by atoms with E-state index in [2.05, 4.69) is 24.5 Å². The van der Waals surface area contributed by atoms with Crippen molar-refractivity contribution in [3.05, 3.63) is 21.3 Å². The monoisotopic (exact) mass is 346 g/mol. The maximum absolute atomic E-state index is 11.7. The van der Waals surface area contributed by atoms with Gasteiger partial charge >= 0.3 is 6.09 Å². The molecule has 1 aromatic rings. The third-order valence-electron chi connectivity index (χ3n) is 2.83. The predicted molar refractivity (Wildman–Crippen MR) is 93.6 cm³/mol. The van der Waals surface area contributed by atoms with Crippen molar-refractivity contribution in [3.8, 4) is 0 Å². The molecule has 0 aliphatic carbocycles. The van der Waals surface area contributed by atoms with Gasteiger partial charge in [0.2, 0.25) is 0 Å². The minimum Gasteiger partial charge on any atom is -0.444 e. The lowest BCUT2D eigenvalue weighted by Gasteiger charge is -2.23. The number of ether oxygens (including phenoxy) is 1. The van der Waals surface area contributed by atoms with Gasteiger partial charge in [-0.25, -0.2) is 4.79 Å². The molecule has 0 spiro atoms. The lowest BCUT2D eigenvalue weighted by atomic mass is 10.0. The first kappa shape index (κ1) is 19.3. The summed E-state index contributed by atoms with van der Waals surface area (Å²) in [7, 11) is 0. The highest BCUT2D eigenvalue weighted by Crippen LogP contribution is 2.19. The zero-order valence-corrected chi connectivity index (χ0v) is 15.6. The Hall–Kier alpha value is -0.780. The van der Waals surface area contributed by atoms with Gasteiger partial charge in [0, 0.05) is 29.4 Å². The Bertz CT molecular complexity index is 469. The molecule has 22 heavy (non-hydrogen) atoms. The van der Waals surface area contributed by atoms with E-state index in [4.69, 9.17) is 16.3 Å². The van der Waals surface area contributed by atoms with E-state index in [9.17, 15) is 4.79 Å². The molecule has 0 aromatic carbocycles. The zero-order chi connectivity index (χ0) is 16.8. The lowest BCUT2D eigenvalue weighted by molar-refractivity contribution is 0.0521. The molecule has 1 aromatic heterocycles.